The molecule has 0 atom stereocenters. The third-order valence-corrected chi connectivity index (χ3v) is 8.15. The lowest BCUT2D eigenvalue weighted by molar-refractivity contribution is 0.239. The van der Waals surface area contributed by atoms with Gasteiger partial charge in [0.25, 0.3) is 0 Å². The van der Waals surface area contributed by atoms with Crippen molar-refractivity contribution in [3.8, 4) is 11.1 Å². The second-order valence-electron chi connectivity index (χ2n) is 11.1. The smallest absolute Gasteiger partial charge is 0.319 e. The summed E-state index contributed by atoms with van der Waals surface area (Å²) in [5.41, 5.74) is 6.13. The summed E-state index contributed by atoms with van der Waals surface area (Å²) >= 11 is 6.39. The number of carbonyl (C=O) groups excluding carboxylic acids is 1. The number of hydrogen-bond acceptors (Lipinski definition) is 2. The van der Waals surface area contributed by atoms with Crippen molar-refractivity contribution >= 4 is 34.4 Å². The summed E-state index contributed by atoms with van der Waals surface area (Å²) in [6, 6.07) is 20.4. The van der Waals surface area contributed by atoms with Crippen molar-refractivity contribution in [2.75, 3.05) is 11.9 Å². The fourth-order valence-corrected chi connectivity index (χ4v) is 6.07. The molecule has 198 valence electrons. The van der Waals surface area contributed by atoms with Crippen LogP contribution in [0.15, 0.2) is 66.9 Å². The molecule has 1 aliphatic rings. The van der Waals surface area contributed by atoms with Gasteiger partial charge in [-0.2, -0.15) is 0 Å². The molecule has 6 heteroatoms. The van der Waals surface area contributed by atoms with E-state index < -0.39 is 0 Å². The van der Waals surface area contributed by atoms with Crippen LogP contribution in [-0.4, -0.2) is 22.1 Å². The van der Waals surface area contributed by atoms with Gasteiger partial charge in [-0.15, -0.1) is 0 Å². The zero-order chi connectivity index (χ0) is 26.9. The van der Waals surface area contributed by atoms with Gasteiger partial charge >= 0.3 is 6.03 Å². The molecule has 4 aromatic rings. The molecule has 5 nitrogen and oxygen atoms in total. The number of fused-ring (bicyclic) bond motifs is 1. The van der Waals surface area contributed by atoms with Crippen molar-refractivity contribution in [3.63, 3.8) is 0 Å². The van der Waals surface area contributed by atoms with Gasteiger partial charge < -0.3 is 15.2 Å². The molecule has 38 heavy (non-hydrogen) atoms. The van der Waals surface area contributed by atoms with E-state index in [0.29, 0.717) is 23.5 Å². The minimum Gasteiger partial charge on any atom is -0.335 e. The van der Waals surface area contributed by atoms with Crippen LogP contribution in [0.2, 0.25) is 5.15 Å². The SMILES string of the molecule is CC(C)c1cccc(C(C)C)c1NC(=O)NCC1(n2cc(-c3ccccc3)c3ccc(Cl)nc32)CCCC1. The molecule has 0 saturated heterocycles. The highest BCUT2D eigenvalue weighted by atomic mass is 35.5. The van der Waals surface area contributed by atoms with Crippen molar-refractivity contribution in [1.82, 2.24) is 14.9 Å². The van der Waals surface area contributed by atoms with Crippen LogP contribution in [0.4, 0.5) is 10.5 Å². The van der Waals surface area contributed by atoms with Crippen molar-refractivity contribution in [1.29, 1.82) is 0 Å². The van der Waals surface area contributed by atoms with E-state index in [1.807, 2.05) is 12.1 Å². The van der Waals surface area contributed by atoms with E-state index in [-0.39, 0.29) is 11.6 Å². The Morgan fingerprint density at radius 1 is 0.947 bits per heavy atom. The standard InChI is InChI=1S/C32H37ClN4O/c1-21(2)24-13-10-14-25(22(3)4)29(24)36-31(38)34-20-32(17-8-9-18-32)37-19-27(23-11-6-5-7-12-23)26-15-16-28(33)35-30(26)37/h5-7,10-16,19,21-22H,8-9,17-18,20H2,1-4H3,(H2,34,36,38). The maximum atomic E-state index is 13.4. The normalized spacial score (nSPS) is 14.9. The number of hydrogen-bond donors (Lipinski definition) is 2. The monoisotopic (exact) mass is 528 g/mol. The maximum absolute atomic E-state index is 13.4. The van der Waals surface area contributed by atoms with E-state index in [1.165, 1.54) is 0 Å². The van der Waals surface area contributed by atoms with Gasteiger partial charge in [-0.05, 0) is 53.5 Å². The van der Waals surface area contributed by atoms with Crippen LogP contribution in [0.3, 0.4) is 0 Å². The number of pyridine rings is 1. The zero-order valence-electron chi connectivity index (χ0n) is 22.7. The molecule has 2 N–H and O–H groups in total. The molecule has 0 bridgehead atoms. The number of carbonyl (C=O) groups is 1. The Hall–Kier alpha value is -3.31. The molecular weight excluding hydrogens is 492 g/mol. The topological polar surface area (TPSA) is 59.0 Å². The summed E-state index contributed by atoms with van der Waals surface area (Å²) in [6.07, 6.45) is 6.37. The van der Waals surface area contributed by atoms with Crippen LogP contribution in [0.25, 0.3) is 22.2 Å². The molecule has 1 aliphatic carbocycles. The van der Waals surface area contributed by atoms with Gasteiger partial charge in [-0.25, -0.2) is 9.78 Å². The van der Waals surface area contributed by atoms with Crippen LogP contribution < -0.4 is 10.6 Å². The van der Waals surface area contributed by atoms with E-state index in [4.69, 9.17) is 16.6 Å². The van der Waals surface area contributed by atoms with Gasteiger partial charge in [0.05, 0.1) is 5.54 Å². The third kappa shape index (κ3) is 5.04. The lowest BCUT2D eigenvalue weighted by atomic mass is 9.92. The van der Waals surface area contributed by atoms with Crippen molar-refractivity contribution in [2.24, 2.45) is 0 Å². The van der Waals surface area contributed by atoms with Gasteiger partial charge in [0, 0.05) is 29.4 Å². The van der Waals surface area contributed by atoms with E-state index in [0.717, 1.165) is 64.7 Å². The van der Waals surface area contributed by atoms with E-state index in [2.05, 4.69) is 97.6 Å². The van der Waals surface area contributed by atoms with Crippen molar-refractivity contribution in [2.45, 2.75) is 70.8 Å². The Kier molecular flexibility index (Phi) is 7.49. The van der Waals surface area contributed by atoms with Crippen LogP contribution >= 0.6 is 11.6 Å². The Balaban J connectivity index is 1.47. The first-order chi connectivity index (χ1) is 18.3. The lowest BCUT2D eigenvalue weighted by Crippen LogP contribution is -2.44. The highest BCUT2D eigenvalue weighted by Crippen LogP contribution is 2.42. The molecular formula is C32H37ClN4O. The molecule has 5 rings (SSSR count). The van der Waals surface area contributed by atoms with Crippen LogP contribution in [0.1, 0.15) is 76.3 Å². The minimum atomic E-state index is -0.265. The maximum Gasteiger partial charge on any atom is 0.319 e. The van der Waals surface area contributed by atoms with Gasteiger partial charge in [0.1, 0.15) is 10.8 Å². The van der Waals surface area contributed by atoms with E-state index in [1.54, 1.807) is 0 Å². The molecule has 0 unspecified atom stereocenters. The van der Waals surface area contributed by atoms with Crippen molar-refractivity contribution in [3.05, 3.63) is 83.1 Å². The number of halogens is 1. The largest absolute Gasteiger partial charge is 0.335 e. The minimum absolute atomic E-state index is 0.169. The van der Waals surface area contributed by atoms with Crippen LogP contribution in [0, 0.1) is 0 Å². The Morgan fingerprint density at radius 2 is 1.61 bits per heavy atom. The molecule has 2 aromatic heterocycles. The van der Waals surface area contributed by atoms with E-state index in [9.17, 15) is 4.79 Å². The highest BCUT2D eigenvalue weighted by Gasteiger charge is 2.38. The number of nitrogens with one attached hydrogen (secondary N) is 2. The number of amides is 2. The summed E-state index contributed by atoms with van der Waals surface area (Å²) in [4.78, 5) is 18.1. The zero-order valence-corrected chi connectivity index (χ0v) is 23.5. The highest BCUT2D eigenvalue weighted by molar-refractivity contribution is 6.29. The van der Waals surface area contributed by atoms with Crippen LogP contribution in [0.5, 0.6) is 0 Å². The number of rotatable bonds is 7. The second-order valence-corrected chi connectivity index (χ2v) is 11.5. The fourth-order valence-electron chi connectivity index (χ4n) is 5.92. The van der Waals surface area contributed by atoms with Gasteiger partial charge in [-0.3, -0.25) is 0 Å². The summed E-state index contributed by atoms with van der Waals surface area (Å²) in [5.74, 6) is 0.618. The average molecular weight is 529 g/mol. The molecule has 2 aromatic carbocycles. The number of aromatic nitrogens is 2. The summed E-state index contributed by atoms with van der Waals surface area (Å²) < 4.78 is 2.28. The summed E-state index contributed by atoms with van der Waals surface area (Å²) in [7, 11) is 0. The first-order valence-corrected chi connectivity index (χ1v) is 14.1. The summed E-state index contributed by atoms with van der Waals surface area (Å²) in [6.45, 7) is 9.17. The number of para-hydroxylation sites is 1. The number of benzene rings is 2. The number of urea groups is 1. The number of anilines is 1. The van der Waals surface area contributed by atoms with Gasteiger partial charge in [0.2, 0.25) is 0 Å². The molecule has 2 heterocycles. The lowest BCUT2D eigenvalue weighted by Gasteiger charge is -2.32. The second kappa shape index (κ2) is 10.8. The first-order valence-electron chi connectivity index (χ1n) is 13.7. The predicted molar refractivity (Wildman–Crippen MR) is 158 cm³/mol. The predicted octanol–water partition coefficient (Wildman–Crippen LogP) is 8.69. The first kappa shape index (κ1) is 26.3. The molecule has 0 radical (unpaired) electrons. The quantitative estimate of drug-likeness (QED) is 0.236. The molecule has 1 fully saturated rings. The van der Waals surface area contributed by atoms with E-state index >= 15 is 0 Å². The number of nitrogens with zero attached hydrogens (tertiary/aromatic N) is 2. The molecule has 0 spiro atoms. The fraction of sp³-hybridized carbons (Fsp3) is 0.375. The Morgan fingerprint density at radius 3 is 2.24 bits per heavy atom. The summed E-state index contributed by atoms with van der Waals surface area (Å²) in [5, 5.41) is 8.00. The molecule has 2 amide bonds. The average Bonchev–Trinajstić information content (AvgIpc) is 3.53. The van der Waals surface area contributed by atoms with Gasteiger partial charge in [-0.1, -0.05) is 101 Å². The molecule has 1 saturated carbocycles. The van der Waals surface area contributed by atoms with Crippen LogP contribution in [-0.2, 0) is 5.54 Å². The Labute approximate surface area is 230 Å². The third-order valence-electron chi connectivity index (χ3n) is 7.94. The van der Waals surface area contributed by atoms with Gasteiger partial charge in [0.15, 0.2) is 0 Å². The Bertz CT molecular complexity index is 1410. The van der Waals surface area contributed by atoms with Crippen molar-refractivity contribution < 1.29 is 4.79 Å². The molecule has 0 aliphatic heterocycles.